The second-order valence-corrected chi connectivity index (χ2v) is 2.96. The molecule has 1 heterocycles. The lowest BCUT2D eigenvalue weighted by molar-refractivity contribution is 0.0191. The van der Waals surface area contributed by atoms with Gasteiger partial charge in [0.15, 0.2) is 0 Å². The molecule has 0 saturated carbocycles. The molecule has 0 radical (unpaired) electrons. The van der Waals surface area contributed by atoms with E-state index in [1.807, 2.05) is 13.8 Å². The van der Waals surface area contributed by atoms with Gasteiger partial charge in [-0.25, -0.2) is 10.4 Å². The van der Waals surface area contributed by atoms with E-state index in [0.717, 1.165) is 0 Å². The molecule has 0 spiro atoms. The van der Waals surface area contributed by atoms with Gasteiger partial charge in [-0.15, -0.1) is 0 Å². The summed E-state index contributed by atoms with van der Waals surface area (Å²) >= 11 is 0. The molecule has 1 aliphatic rings. The van der Waals surface area contributed by atoms with Crippen LogP contribution in [-0.2, 0) is 0 Å². The Balaban J connectivity index is 2.72. The first-order chi connectivity index (χ1) is 6.00. The molecule has 1 unspecified atom stereocenters. The number of aliphatic hydroxyl groups is 1. The van der Waals surface area contributed by atoms with Gasteiger partial charge in [-0.2, -0.15) is 9.98 Å². The number of hydrazine groups is 1. The van der Waals surface area contributed by atoms with E-state index in [1.54, 1.807) is 0 Å². The molecule has 0 saturated heterocycles. The van der Waals surface area contributed by atoms with E-state index in [2.05, 4.69) is 15.4 Å². The van der Waals surface area contributed by atoms with E-state index in [9.17, 15) is 5.11 Å². The van der Waals surface area contributed by atoms with Crippen LogP contribution in [0.2, 0.25) is 0 Å². The summed E-state index contributed by atoms with van der Waals surface area (Å²) in [5, 5.41) is 10.6. The van der Waals surface area contributed by atoms with Crippen LogP contribution in [0, 0.1) is 0 Å². The highest BCUT2D eigenvalue weighted by molar-refractivity contribution is 5.94. The summed E-state index contributed by atoms with van der Waals surface area (Å²) in [4.78, 5) is 7.31. The molecule has 6 N–H and O–H groups in total. The summed E-state index contributed by atoms with van der Waals surface area (Å²) in [6.07, 6.45) is -1.11. The highest BCUT2D eigenvalue weighted by atomic mass is 16.3. The molecule has 0 aromatic heterocycles. The molecule has 0 aliphatic carbocycles. The Labute approximate surface area is 76.1 Å². The first-order valence-corrected chi connectivity index (χ1v) is 3.91. The van der Waals surface area contributed by atoms with Crippen molar-refractivity contribution in [2.45, 2.75) is 26.2 Å². The number of nitrogens with two attached hydrogens (primary N) is 2. The van der Waals surface area contributed by atoms with E-state index >= 15 is 0 Å². The van der Waals surface area contributed by atoms with Crippen LogP contribution < -0.4 is 16.9 Å². The van der Waals surface area contributed by atoms with E-state index in [0.29, 0.717) is 0 Å². The second kappa shape index (κ2) is 3.58. The average Bonchev–Trinajstić information content (AvgIpc) is 1.96. The fraction of sp³-hybridized carbons (Fsp3) is 0.667. The van der Waals surface area contributed by atoms with E-state index in [1.165, 1.54) is 5.01 Å². The van der Waals surface area contributed by atoms with E-state index < -0.39 is 6.35 Å². The van der Waals surface area contributed by atoms with Crippen LogP contribution >= 0.6 is 0 Å². The minimum Gasteiger partial charge on any atom is -0.368 e. The first kappa shape index (κ1) is 9.75. The monoisotopic (exact) mass is 186 g/mol. The minimum atomic E-state index is -1.11. The lowest BCUT2D eigenvalue weighted by Gasteiger charge is -2.30. The molecule has 0 fully saturated rings. The standard InChI is InChI=1S/C6H14N6O/c1-3(2)11-12-5(8)9-4(7)10-6(12)13/h3,6,11,13H,1-2H3,(H4,7,8,9,10). The zero-order valence-electron chi connectivity index (χ0n) is 7.60. The lowest BCUT2D eigenvalue weighted by atomic mass is 10.4. The van der Waals surface area contributed by atoms with Crippen LogP contribution in [0.4, 0.5) is 0 Å². The summed E-state index contributed by atoms with van der Waals surface area (Å²) in [7, 11) is 0. The molecule has 0 aromatic carbocycles. The van der Waals surface area contributed by atoms with Crippen molar-refractivity contribution < 1.29 is 5.11 Å². The van der Waals surface area contributed by atoms with Gasteiger partial charge in [0.2, 0.25) is 18.3 Å². The molecule has 7 heteroatoms. The summed E-state index contributed by atoms with van der Waals surface area (Å²) in [6.45, 7) is 3.81. The van der Waals surface area contributed by atoms with Gasteiger partial charge in [0.1, 0.15) is 0 Å². The van der Waals surface area contributed by atoms with E-state index in [4.69, 9.17) is 11.5 Å². The molecule has 0 aromatic rings. The third-order valence-electron chi connectivity index (χ3n) is 1.35. The zero-order chi connectivity index (χ0) is 10.0. The lowest BCUT2D eigenvalue weighted by Crippen LogP contribution is -2.57. The van der Waals surface area contributed by atoms with Crippen molar-refractivity contribution in [3.8, 4) is 0 Å². The van der Waals surface area contributed by atoms with Gasteiger partial charge in [0.05, 0.1) is 0 Å². The van der Waals surface area contributed by atoms with Gasteiger partial charge in [0.25, 0.3) is 0 Å². The van der Waals surface area contributed by atoms with Crippen LogP contribution in [0.5, 0.6) is 0 Å². The Bertz CT molecular complexity index is 248. The number of nitrogens with zero attached hydrogens (tertiary/aromatic N) is 3. The third-order valence-corrected chi connectivity index (χ3v) is 1.35. The quantitative estimate of drug-likeness (QED) is 0.403. The number of guanidine groups is 2. The van der Waals surface area contributed by atoms with Crippen molar-refractivity contribution in [3.05, 3.63) is 0 Å². The predicted octanol–water partition coefficient (Wildman–Crippen LogP) is -1.88. The molecule has 0 bridgehead atoms. The predicted molar refractivity (Wildman–Crippen MR) is 49.4 cm³/mol. The molecule has 1 aliphatic heterocycles. The number of aliphatic imine (C=N–C) groups is 2. The molecular formula is C6H14N6O. The number of aliphatic hydroxyl groups excluding tert-OH is 1. The van der Waals surface area contributed by atoms with Crippen LogP contribution in [-0.4, -0.2) is 34.4 Å². The fourth-order valence-corrected chi connectivity index (χ4v) is 0.905. The largest absolute Gasteiger partial charge is 0.368 e. The zero-order valence-corrected chi connectivity index (χ0v) is 7.60. The normalized spacial score (nSPS) is 23.1. The molecular weight excluding hydrogens is 172 g/mol. The molecule has 74 valence electrons. The average molecular weight is 186 g/mol. The minimum absolute atomic E-state index is 0.0215. The number of nitrogens with one attached hydrogen (secondary N) is 1. The number of hydrogen-bond donors (Lipinski definition) is 4. The molecule has 1 rings (SSSR count). The Kier molecular flexibility index (Phi) is 2.69. The van der Waals surface area contributed by atoms with Gasteiger partial charge in [-0.3, -0.25) is 0 Å². The van der Waals surface area contributed by atoms with Crippen molar-refractivity contribution in [1.82, 2.24) is 10.4 Å². The van der Waals surface area contributed by atoms with Crippen molar-refractivity contribution in [3.63, 3.8) is 0 Å². The maximum Gasteiger partial charge on any atom is 0.245 e. The second-order valence-electron chi connectivity index (χ2n) is 2.96. The SMILES string of the molecule is CC(C)NN1C(N)=NC(N)=NC1O. The highest BCUT2D eigenvalue weighted by Crippen LogP contribution is 2.00. The van der Waals surface area contributed by atoms with Crippen molar-refractivity contribution in [2.75, 3.05) is 0 Å². The van der Waals surface area contributed by atoms with Crippen LogP contribution in [0.3, 0.4) is 0 Å². The fourth-order valence-electron chi connectivity index (χ4n) is 0.905. The number of rotatable bonds is 2. The van der Waals surface area contributed by atoms with Crippen molar-refractivity contribution in [2.24, 2.45) is 21.5 Å². The molecule has 0 amide bonds. The van der Waals surface area contributed by atoms with E-state index in [-0.39, 0.29) is 18.0 Å². The maximum atomic E-state index is 9.39. The molecule has 1 atom stereocenters. The topological polar surface area (TPSA) is 112 Å². The Morgan fingerprint density at radius 3 is 2.62 bits per heavy atom. The van der Waals surface area contributed by atoms with Gasteiger partial charge in [-0.1, -0.05) is 0 Å². The Morgan fingerprint density at radius 2 is 2.15 bits per heavy atom. The van der Waals surface area contributed by atoms with Gasteiger partial charge in [0, 0.05) is 6.04 Å². The van der Waals surface area contributed by atoms with Crippen molar-refractivity contribution >= 4 is 11.9 Å². The van der Waals surface area contributed by atoms with Gasteiger partial charge >= 0.3 is 0 Å². The van der Waals surface area contributed by atoms with Gasteiger partial charge < -0.3 is 16.6 Å². The van der Waals surface area contributed by atoms with Crippen molar-refractivity contribution in [1.29, 1.82) is 0 Å². The molecule has 13 heavy (non-hydrogen) atoms. The summed E-state index contributed by atoms with van der Waals surface area (Å²) in [5.41, 5.74) is 13.6. The third kappa shape index (κ3) is 2.30. The van der Waals surface area contributed by atoms with Gasteiger partial charge in [-0.05, 0) is 13.8 Å². The Morgan fingerprint density at radius 1 is 1.54 bits per heavy atom. The summed E-state index contributed by atoms with van der Waals surface area (Å²) in [5.74, 6) is 0.0838. The first-order valence-electron chi connectivity index (χ1n) is 3.91. The maximum absolute atomic E-state index is 9.39. The number of hydrogen-bond acceptors (Lipinski definition) is 7. The van der Waals surface area contributed by atoms with Crippen LogP contribution in [0.1, 0.15) is 13.8 Å². The van der Waals surface area contributed by atoms with Crippen LogP contribution in [0.15, 0.2) is 9.98 Å². The molecule has 7 nitrogen and oxygen atoms in total. The van der Waals surface area contributed by atoms with Crippen LogP contribution in [0.25, 0.3) is 0 Å². The summed E-state index contributed by atoms with van der Waals surface area (Å²) in [6, 6.07) is 0.123. The highest BCUT2D eigenvalue weighted by Gasteiger charge is 2.22. The summed E-state index contributed by atoms with van der Waals surface area (Å²) < 4.78 is 0. The smallest absolute Gasteiger partial charge is 0.245 e. The Hall–Kier alpha value is -1.34.